The third-order valence-electron chi connectivity index (χ3n) is 3.63. The number of carbonyl (C=O) groups is 1. The highest BCUT2D eigenvalue weighted by Crippen LogP contribution is 2.28. The zero-order chi connectivity index (χ0) is 14.4. The average molecular weight is 263 g/mol. The van der Waals surface area contributed by atoms with Crippen LogP contribution in [0.2, 0.25) is 0 Å². The monoisotopic (exact) mass is 263 g/mol. The van der Waals surface area contributed by atoms with Crippen LogP contribution in [-0.4, -0.2) is 23.7 Å². The minimum Gasteiger partial charge on any atom is -0.478 e. The third kappa shape index (κ3) is 3.72. The summed E-state index contributed by atoms with van der Waals surface area (Å²) in [5.74, 6) is -0.844. The molecular weight excluding hydrogens is 238 g/mol. The largest absolute Gasteiger partial charge is 0.478 e. The number of unbranched alkanes of at least 4 members (excludes halogenated alkanes) is 1. The zero-order valence-electron chi connectivity index (χ0n) is 12.4. The van der Waals surface area contributed by atoms with Gasteiger partial charge in [-0.25, -0.2) is 4.79 Å². The Labute approximate surface area is 116 Å². The van der Waals surface area contributed by atoms with Gasteiger partial charge in [0.05, 0.1) is 11.3 Å². The van der Waals surface area contributed by atoms with Crippen molar-refractivity contribution in [1.82, 2.24) is 0 Å². The number of nitrogens with zero attached hydrogens (tertiary/aromatic N) is 1. The van der Waals surface area contributed by atoms with Gasteiger partial charge in [0.25, 0.3) is 0 Å². The smallest absolute Gasteiger partial charge is 0.337 e. The van der Waals surface area contributed by atoms with Crippen molar-refractivity contribution in [3.63, 3.8) is 0 Å². The number of rotatable bonds is 7. The fourth-order valence-corrected chi connectivity index (χ4v) is 2.31. The van der Waals surface area contributed by atoms with Crippen LogP contribution in [0.5, 0.6) is 0 Å². The Hall–Kier alpha value is -1.51. The summed E-state index contributed by atoms with van der Waals surface area (Å²) in [6, 6.07) is 5.86. The van der Waals surface area contributed by atoms with Crippen LogP contribution in [0.15, 0.2) is 18.2 Å². The molecule has 19 heavy (non-hydrogen) atoms. The Balaban J connectivity index is 3.23. The van der Waals surface area contributed by atoms with Crippen LogP contribution in [0.4, 0.5) is 5.69 Å². The Bertz CT molecular complexity index is 429. The SMILES string of the molecule is CCCCN(c1c(C)cccc1C(=O)O)C(C)CC. The van der Waals surface area contributed by atoms with Gasteiger partial charge >= 0.3 is 5.97 Å². The summed E-state index contributed by atoms with van der Waals surface area (Å²) in [7, 11) is 0. The number of benzene rings is 1. The molecule has 0 heterocycles. The molecule has 1 N–H and O–H groups in total. The second-order valence-corrected chi connectivity index (χ2v) is 5.08. The van der Waals surface area contributed by atoms with E-state index in [0.717, 1.165) is 37.1 Å². The lowest BCUT2D eigenvalue weighted by Crippen LogP contribution is -2.35. The quantitative estimate of drug-likeness (QED) is 0.805. The Kier molecular flexibility index (Phi) is 5.87. The molecule has 0 bridgehead atoms. The first kappa shape index (κ1) is 15.5. The fraction of sp³-hybridized carbons (Fsp3) is 0.562. The van der Waals surface area contributed by atoms with E-state index in [1.54, 1.807) is 6.07 Å². The predicted octanol–water partition coefficient (Wildman–Crippen LogP) is 4.10. The maximum absolute atomic E-state index is 11.4. The van der Waals surface area contributed by atoms with Gasteiger partial charge in [-0.1, -0.05) is 32.4 Å². The second kappa shape index (κ2) is 7.17. The van der Waals surface area contributed by atoms with Crippen LogP contribution >= 0.6 is 0 Å². The molecule has 0 aromatic heterocycles. The van der Waals surface area contributed by atoms with Gasteiger partial charge < -0.3 is 10.0 Å². The van der Waals surface area contributed by atoms with Crippen LogP contribution in [0, 0.1) is 6.92 Å². The van der Waals surface area contributed by atoms with Gasteiger partial charge in [0, 0.05) is 12.6 Å². The molecule has 0 aliphatic carbocycles. The number of aromatic carboxylic acids is 1. The standard InChI is InChI=1S/C16H25NO2/c1-5-7-11-17(13(4)6-2)15-12(3)9-8-10-14(15)16(18)19/h8-10,13H,5-7,11H2,1-4H3,(H,18,19). The second-order valence-electron chi connectivity index (χ2n) is 5.08. The molecule has 1 atom stereocenters. The molecule has 0 aliphatic rings. The van der Waals surface area contributed by atoms with E-state index in [1.807, 2.05) is 19.1 Å². The van der Waals surface area contributed by atoms with Crippen molar-refractivity contribution < 1.29 is 9.90 Å². The van der Waals surface area contributed by atoms with E-state index in [0.29, 0.717) is 11.6 Å². The third-order valence-corrected chi connectivity index (χ3v) is 3.63. The van der Waals surface area contributed by atoms with Gasteiger partial charge in [0.2, 0.25) is 0 Å². The Morgan fingerprint density at radius 2 is 2.05 bits per heavy atom. The van der Waals surface area contributed by atoms with Crippen LogP contribution < -0.4 is 4.90 Å². The zero-order valence-corrected chi connectivity index (χ0v) is 12.4. The molecule has 0 saturated heterocycles. The highest BCUT2D eigenvalue weighted by atomic mass is 16.4. The van der Waals surface area contributed by atoms with Gasteiger partial charge in [-0.05, 0) is 38.3 Å². The molecule has 0 saturated carbocycles. The van der Waals surface area contributed by atoms with Gasteiger partial charge in [-0.2, -0.15) is 0 Å². The molecular formula is C16H25NO2. The number of hydrogen-bond donors (Lipinski definition) is 1. The van der Waals surface area contributed by atoms with Crippen molar-refractivity contribution in [2.45, 2.75) is 53.0 Å². The first-order chi connectivity index (χ1) is 9.02. The average Bonchev–Trinajstić information content (AvgIpc) is 2.39. The van der Waals surface area contributed by atoms with E-state index < -0.39 is 5.97 Å². The van der Waals surface area contributed by atoms with Gasteiger partial charge in [-0.3, -0.25) is 0 Å². The van der Waals surface area contributed by atoms with Crippen molar-refractivity contribution in [3.05, 3.63) is 29.3 Å². The summed E-state index contributed by atoms with van der Waals surface area (Å²) in [6.07, 6.45) is 3.20. The van der Waals surface area contributed by atoms with Crippen LogP contribution in [0.25, 0.3) is 0 Å². The molecule has 1 aromatic carbocycles. The highest BCUT2D eigenvalue weighted by molar-refractivity contribution is 5.95. The summed E-state index contributed by atoms with van der Waals surface area (Å²) >= 11 is 0. The van der Waals surface area contributed by atoms with Crippen molar-refractivity contribution in [2.75, 3.05) is 11.4 Å². The molecule has 106 valence electrons. The van der Waals surface area contributed by atoms with Crippen LogP contribution in [0.3, 0.4) is 0 Å². The lowest BCUT2D eigenvalue weighted by molar-refractivity contribution is 0.0697. The summed E-state index contributed by atoms with van der Waals surface area (Å²) in [4.78, 5) is 13.7. The molecule has 0 amide bonds. The molecule has 0 spiro atoms. The molecule has 3 nitrogen and oxygen atoms in total. The van der Waals surface area contributed by atoms with Crippen molar-refractivity contribution >= 4 is 11.7 Å². The van der Waals surface area contributed by atoms with E-state index in [9.17, 15) is 9.90 Å². The van der Waals surface area contributed by atoms with Gasteiger partial charge in [0.1, 0.15) is 0 Å². The first-order valence-corrected chi connectivity index (χ1v) is 7.12. The maximum Gasteiger partial charge on any atom is 0.337 e. The molecule has 3 heteroatoms. The maximum atomic E-state index is 11.4. The van der Waals surface area contributed by atoms with Gasteiger partial charge in [-0.15, -0.1) is 0 Å². The van der Waals surface area contributed by atoms with Crippen LogP contribution in [0.1, 0.15) is 56.0 Å². The van der Waals surface area contributed by atoms with E-state index in [1.165, 1.54) is 0 Å². The van der Waals surface area contributed by atoms with Crippen LogP contribution in [-0.2, 0) is 0 Å². The highest BCUT2D eigenvalue weighted by Gasteiger charge is 2.20. The van der Waals surface area contributed by atoms with E-state index in [2.05, 4.69) is 25.7 Å². The molecule has 0 aliphatic heterocycles. The predicted molar refractivity (Wildman–Crippen MR) is 80.1 cm³/mol. The van der Waals surface area contributed by atoms with Crippen molar-refractivity contribution in [1.29, 1.82) is 0 Å². The van der Waals surface area contributed by atoms with E-state index in [4.69, 9.17) is 0 Å². The number of para-hydroxylation sites is 1. The normalized spacial score (nSPS) is 12.2. The minimum absolute atomic E-state index is 0.353. The number of anilines is 1. The minimum atomic E-state index is -0.844. The molecule has 1 rings (SSSR count). The Morgan fingerprint density at radius 3 is 2.58 bits per heavy atom. The number of carboxylic acid groups (broad SMARTS) is 1. The summed E-state index contributed by atoms with van der Waals surface area (Å²) in [5, 5.41) is 9.39. The number of aryl methyl sites for hydroxylation is 1. The summed E-state index contributed by atoms with van der Waals surface area (Å²) < 4.78 is 0. The van der Waals surface area contributed by atoms with Crippen molar-refractivity contribution in [3.8, 4) is 0 Å². The lowest BCUT2D eigenvalue weighted by atomic mass is 10.0. The number of hydrogen-bond acceptors (Lipinski definition) is 2. The molecule has 1 aromatic rings. The van der Waals surface area contributed by atoms with E-state index in [-0.39, 0.29) is 0 Å². The fourth-order valence-electron chi connectivity index (χ4n) is 2.31. The summed E-state index contributed by atoms with van der Waals surface area (Å²) in [6.45, 7) is 9.36. The van der Waals surface area contributed by atoms with Gasteiger partial charge in [0.15, 0.2) is 0 Å². The molecule has 1 unspecified atom stereocenters. The van der Waals surface area contributed by atoms with E-state index >= 15 is 0 Å². The lowest BCUT2D eigenvalue weighted by Gasteiger charge is -2.33. The number of carboxylic acids is 1. The topological polar surface area (TPSA) is 40.5 Å². The summed E-state index contributed by atoms with van der Waals surface area (Å²) in [5.41, 5.74) is 2.34. The molecule has 0 fully saturated rings. The van der Waals surface area contributed by atoms with Crippen molar-refractivity contribution in [2.24, 2.45) is 0 Å². The Morgan fingerprint density at radius 1 is 1.37 bits per heavy atom. The molecule has 0 radical (unpaired) electrons. The first-order valence-electron chi connectivity index (χ1n) is 7.12.